The molecule has 2 rings (SSSR count). The van der Waals surface area contributed by atoms with Crippen molar-refractivity contribution in [3.8, 4) is 5.69 Å². The number of aromatic nitrogens is 2. The molecular formula is C15H16N4O5. The Morgan fingerprint density at radius 3 is 2.54 bits per heavy atom. The van der Waals surface area contributed by atoms with Gasteiger partial charge in [-0.05, 0) is 26.0 Å². The van der Waals surface area contributed by atoms with Crippen LogP contribution in [0.3, 0.4) is 0 Å². The molecule has 1 N–H and O–H groups in total. The highest BCUT2D eigenvalue weighted by atomic mass is 16.6. The number of nitro benzene ring substituents is 1. The van der Waals surface area contributed by atoms with Crippen molar-refractivity contribution < 1.29 is 19.6 Å². The zero-order valence-corrected chi connectivity index (χ0v) is 13.3. The van der Waals surface area contributed by atoms with Crippen LogP contribution in [0.15, 0.2) is 36.9 Å². The molecule has 0 aliphatic rings. The number of benzene rings is 1. The van der Waals surface area contributed by atoms with Gasteiger partial charge >= 0.3 is 5.97 Å². The molecule has 0 radical (unpaired) electrons. The molecule has 0 bridgehead atoms. The summed E-state index contributed by atoms with van der Waals surface area (Å²) >= 11 is 0. The van der Waals surface area contributed by atoms with Gasteiger partial charge in [-0.3, -0.25) is 14.9 Å². The summed E-state index contributed by atoms with van der Waals surface area (Å²) in [6.07, 6.45) is 4.43. The van der Waals surface area contributed by atoms with E-state index in [2.05, 4.69) is 4.98 Å². The maximum absolute atomic E-state index is 12.5. The number of nitrogens with zero attached hydrogens (tertiary/aromatic N) is 4. The molecule has 0 unspecified atom stereocenters. The summed E-state index contributed by atoms with van der Waals surface area (Å²) in [7, 11) is 1.34. The van der Waals surface area contributed by atoms with Gasteiger partial charge in [-0.2, -0.15) is 0 Å². The topological polar surface area (TPSA) is 119 Å². The Labute approximate surface area is 137 Å². The lowest BCUT2D eigenvalue weighted by molar-refractivity contribution is -0.384. The van der Waals surface area contributed by atoms with E-state index in [0.717, 1.165) is 11.0 Å². The second-order valence-corrected chi connectivity index (χ2v) is 5.66. The van der Waals surface area contributed by atoms with Crippen LogP contribution in [-0.2, 0) is 4.79 Å². The predicted octanol–water partition coefficient (Wildman–Crippen LogP) is 1.72. The lowest BCUT2D eigenvalue weighted by atomic mass is 10.0. The molecule has 126 valence electrons. The fraction of sp³-hybridized carbons (Fsp3) is 0.267. The number of amides is 1. The molecule has 0 aliphatic heterocycles. The van der Waals surface area contributed by atoms with E-state index in [1.807, 2.05) is 0 Å². The first-order chi connectivity index (χ1) is 11.2. The SMILES string of the molecule is CN(C(=O)c1ccc(-n2ccnc2)c([N+](=O)[O-])c1)C(C)(C)C(=O)O. The molecule has 1 aromatic heterocycles. The van der Waals surface area contributed by atoms with E-state index in [0.29, 0.717) is 0 Å². The zero-order valence-electron chi connectivity index (χ0n) is 13.3. The number of carbonyl (C=O) groups excluding carboxylic acids is 1. The summed E-state index contributed by atoms with van der Waals surface area (Å²) in [6.45, 7) is 2.75. The van der Waals surface area contributed by atoms with Crippen molar-refractivity contribution in [2.24, 2.45) is 0 Å². The van der Waals surface area contributed by atoms with Crippen molar-refractivity contribution in [3.05, 3.63) is 52.6 Å². The van der Waals surface area contributed by atoms with Crippen LogP contribution in [0.4, 0.5) is 5.69 Å². The van der Waals surface area contributed by atoms with Crippen molar-refractivity contribution in [2.45, 2.75) is 19.4 Å². The summed E-state index contributed by atoms with van der Waals surface area (Å²) in [5.41, 5.74) is -1.44. The van der Waals surface area contributed by atoms with E-state index >= 15 is 0 Å². The molecule has 0 saturated carbocycles. The molecule has 9 heteroatoms. The maximum Gasteiger partial charge on any atom is 0.329 e. The van der Waals surface area contributed by atoms with Crippen molar-refractivity contribution in [3.63, 3.8) is 0 Å². The van der Waals surface area contributed by atoms with E-state index in [4.69, 9.17) is 0 Å². The van der Waals surface area contributed by atoms with Crippen molar-refractivity contribution >= 4 is 17.6 Å². The molecular weight excluding hydrogens is 316 g/mol. The first-order valence-corrected chi connectivity index (χ1v) is 6.94. The Morgan fingerprint density at radius 2 is 2.04 bits per heavy atom. The van der Waals surface area contributed by atoms with Crippen LogP contribution >= 0.6 is 0 Å². The number of rotatable bonds is 5. The molecule has 1 heterocycles. The summed E-state index contributed by atoms with van der Waals surface area (Å²) in [6, 6.07) is 3.97. The van der Waals surface area contributed by atoms with Gasteiger partial charge in [0, 0.05) is 31.1 Å². The summed E-state index contributed by atoms with van der Waals surface area (Å²) in [4.78, 5) is 39.3. The Bertz CT molecular complexity index is 798. The molecule has 0 aliphatic carbocycles. The number of hydrogen-bond donors (Lipinski definition) is 1. The highest BCUT2D eigenvalue weighted by Gasteiger charge is 2.36. The average molecular weight is 332 g/mol. The van der Waals surface area contributed by atoms with Crippen LogP contribution in [0.1, 0.15) is 24.2 Å². The Morgan fingerprint density at radius 1 is 1.38 bits per heavy atom. The van der Waals surface area contributed by atoms with Gasteiger partial charge in [-0.15, -0.1) is 0 Å². The molecule has 1 amide bonds. The first kappa shape index (κ1) is 17.1. The smallest absolute Gasteiger partial charge is 0.329 e. The minimum Gasteiger partial charge on any atom is -0.480 e. The van der Waals surface area contributed by atoms with Gasteiger partial charge in [0.25, 0.3) is 11.6 Å². The number of aliphatic carboxylic acids is 1. The minimum absolute atomic E-state index is 0.0300. The second kappa shape index (κ2) is 6.11. The average Bonchev–Trinajstić information content (AvgIpc) is 3.06. The molecule has 0 fully saturated rings. The fourth-order valence-corrected chi connectivity index (χ4v) is 2.01. The van der Waals surface area contributed by atoms with Gasteiger partial charge in [0.2, 0.25) is 0 Å². The van der Waals surface area contributed by atoms with Crippen molar-refractivity contribution in [1.29, 1.82) is 0 Å². The van der Waals surface area contributed by atoms with Crippen LogP contribution in [-0.4, -0.2) is 48.9 Å². The van der Waals surface area contributed by atoms with Crippen LogP contribution in [0.25, 0.3) is 5.69 Å². The third-order valence-corrected chi connectivity index (χ3v) is 3.87. The Hall–Kier alpha value is -3.23. The Balaban J connectivity index is 2.46. The van der Waals surface area contributed by atoms with Crippen LogP contribution in [0.5, 0.6) is 0 Å². The standard InChI is InChI=1S/C15H16N4O5/c1-15(2,14(21)22)17(3)13(20)10-4-5-11(12(8-10)19(23)24)18-7-6-16-9-18/h4-9H,1-3H3,(H,21,22). The number of nitro groups is 1. The molecule has 24 heavy (non-hydrogen) atoms. The lowest BCUT2D eigenvalue weighted by Crippen LogP contribution is -2.50. The molecule has 0 atom stereocenters. The van der Waals surface area contributed by atoms with Gasteiger partial charge < -0.3 is 14.6 Å². The predicted molar refractivity (Wildman–Crippen MR) is 84.0 cm³/mol. The van der Waals surface area contributed by atoms with Crippen LogP contribution in [0.2, 0.25) is 0 Å². The molecule has 0 spiro atoms. The fourth-order valence-electron chi connectivity index (χ4n) is 2.01. The summed E-state index contributed by atoms with van der Waals surface area (Å²) in [5, 5.41) is 20.5. The van der Waals surface area contributed by atoms with Crippen LogP contribution < -0.4 is 0 Å². The molecule has 1 aromatic carbocycles. The van der Waals surface area contributed by atoms with Gasteiger partial charge in [-0.25, -0.2) is 9.78 Å². The van der Waals surface area contributed by atoms with Crippen LogP contribution in [0, 0.1) is 10.1 Å². The number of carboxylic acid groups (broad SMARTS) is 1. The largest absolute Gasteiger partial charge is 0.480 e. The number of imidazole rings is 1. The highest BCUT2D eigenvalue weighted by Crippen LogP contribution is 2.26. The highest BCUT2D eigenvalue weighted by molar-refractivity contribution is 5.98. The maximum atomic E-state index is 12.5. The third-order valence-electron chi connectivity index (χ3n) is 3.87. The molecule has 0 saturated heterocycles. The second-order valence-electron chi connectivity index (χ2n) is 5.66. The van der Waals surface area contributed by atoms with E-state index in [9.17, 15) is 24.8 Å². The number of carboxylic acids is 1. The van der Waals surface area contributed by atoms with E-state index in [1.165, 1.54) is 50.1 Å². The van der Waals surface area contributed by atoms with E-state index in [-0.39, 0.29) is 16.9 Å². The van der Waals surface area contributed by atoms with Crippen molar-refractivity contribution in [2.75, 3.05) is 7.05 Å². The zero-order chi connectivity index (χ0) is 18.1. The number of carbonyl (C=O) groups is 2. The number of hydrogen-bond acceptors (Lipinski definition) is 5. The first-order valence-electron chi connectivity index (χ1n) is 6.94. The molecule has 2 aromatic rings. The quantitative estimate of drug-likeness (QED) is 0.657. The molecule has 9 nitrogen and oxygen atoms in total. The lowest BCUT2D eigenvalue weighted by Gasteiger charge is -2.31. The van der Waals surface area contributed by atoms with Crippen molar-refractivity contribution in [1.82, 2.24) is 14.5 Å². The van der Waals surface area contributed by atoms with Gasteiger partial charge in [0.05, 0.1) is 11.3 Å². The Kier molecular flexibility index (Phi) is 4.36. The normalized spacial score (nSPS) is 11.1. The van der Waals surface area contributed by atoms with E-state index in [1.54, 1.807) is 6.20 Å². The summed E-state index contributed by atoms with van der Waals surface area (Å²) in [5.74, 6) is -1.80. The number of likely N-dealkylation sites (N-methyl/N-ethyl adjacent to an activating group) is 1. The van der Waals surface area contributed by atoms with E-state index < -0.39 is 22.3 Å². The summed E-state index contributed by atoms with van der Waals surface area (Å²) < 4.78 is 1.46. The third kappa shape index (κ3) is 2.96. The van der Waals surface area contributed by atoms with Gasteiger partial charge in [0.15, 0.2) is 0 Å². The van der Waals surface area contributed by atoms with Gasteiger partial charge in [0.1, 0.15) is 11.2 Å². The monoisotopic (exact) mass is 332 g/mol. The van der Waals surface area contributed by atoms with Gasteiger partial charge in [-0.1, -0.05) is 0 Å². The minimum atomic E-state index is -1.45.